The summed E-state index contributed by atoms with van der Waals surface area (Å²) in [6.07, 6.45) is 2.10. The summed E-state index contributed by atoms with van der Waals surface area (Å²) < 4.78 is 14.4. The molecule has 0 spiro atoms. The summed E-state index contributed by atoms with van der Waals surface area (Å²) in [5.41, 5.74) is 3.76. The number of amides is 3. The highest BCUT2D eigenvalue weighted by atomic mass is 32.2. The van der Waals surface area contributed by atoms with Gasteiger partial charge in [0.2, 0.25) is 5.91 Å². The van der Waals surface area contributed by atoms with E-state index in [0.29, 0.717) is 11.3 Å². The number of aryl methyl sites for hydroxylation is 2. The number of para-hydroxylation sites is 1. The Kier molecular flexibility index (Phi) is 10.3. The first kappa shape index (κ1) is 30.3. The maximum absolute atomic E-state index is 14.4. The first-order valence-corrected chi connectivity index (χ1v) is 14.4. The number of halogens is 1. The van der Waals surface area contributed by atoms with Crippen molar-refractivity contribution in [1.29, 1.82) is 0 Å². The van der Waals surface area contributed by atoms with Gasteiger partial charge in [0.25, 0.3) is 11.8 Å². The molecule has 3 amide bonds. The Hall–Kier alpha value is -4.69. The number of nitrogens with one attached hydrogen (secondary N) is 3. The molecule has 0 heterocycles. The maximum Gasteiger partial charge on any atom is 0.272 e. The lowest BCUT2D eigenvalue weighted by atomic mass is 10.1. The summed E-state index contributed by atoms with van der Waals surface area (Å²) in [4.78, 5) is 40.0. The van der Waals surface area contributed by atoms with Crippen molar-refractivity contribution in [3.63, 3.8) is 0 Å². The van der Waals surface area contributed by atoms with E-state index in [-0.39, 0.29) is 17.2 Å². The molecule has 1 atom stereocenters. The van der Waals surface area contributed by atoms with Crippen LogP contribution >= 0.6 is 11.8 Å². The second-order valence-electron chi connectivity index (χ2n) is 9.59. The minimum atomic E-state index is -0.623. The molecular formula is C34H32FN3O3S. The Labute approximate surface area is 249 Å². The molecule has 0 saturated carbocycles. The van der Waals surface area contributed by atoms with Crippen LogP contribution in [0.15, 0.2) is 108 Å². The molecule has 0 aliphatic heterocycles. The van der Waals surface area contributed by atoms with Gasteiger partial charge in [0, 0.05) is 27.4 Å². The molecule has 1 unspecified atom stereocenters. The molecule has 6 nitrogen and oxygen atoms in total. The summed E-state index contributed by atoms with van der Waals surface area (Å²) in [7, 11) is 0. The van der Waals surface area contributed by atoms with E-state index in [2.05, 4.69) is 16.0 Å². The van der Waals surface area contributed by atoms with Crippen molar-refractivity contribution in [3.8, 4) is 0 Å². The number of rotatable bonds is 10. The smallest absolute Gasteiger partial charge is 0.272 e. The second kappa shape index (κ2) is 14.3. The third kappa shape index (κ3) is 7.95. The highest BCUT2D eigenvalue weighted by molar-refractivity contribution is 8.00. The molecule has 0 bridgehead atoms. The number of anilines is 2. The number of carbonyl (C=O) groups excluding carboxylic acids is 3. The summed E-state index contributed by atoms with van der Waals surface area (Å²) >= 11 is 1.36. The SMILES string of the molecule is CCc1cccc(C)c1NC(=O)C(C)Sc1cccc(NC(=O)/C(=C/c2ccccc2F)NC(=O)c2ccccc2)c1. The van der Waals surface area contributed by atoms with Crippen LogP contribution in [-0.2, 0) is 16.0 Å². The predicted molar refractivity (Wildman–Crippen MR) is 168 cm³/mol. The molecule has 0 aliphatic rings. The number of benzene rings is 4. The van der Waals surface area contributed by atoms with E-state index in [1.807, 2.05) is 45.0 Å². The zero-order chi connectivity index (χ0) is 30.1. The number of thioether (sulfide) groups is 1. The van der Waals surface area contributed by atoms with Crippen LogP contribution in [0.3, 0.4) is 0 Å². The average Bonchev–Trinajstić information content (AvgIpc) is 2.99. The van der Waals surface area contributed by atoms with E-state index in [1.165, 1.54) is 30.0 Å². The van der Waals surface area contributed by atoms with E-state index < -0.39 is 22.9 Å². The van der Waals surface area contributed by atoms with Gasteiger partial charge in [-0.15, -0.1) is 11.8 Å². The van der Waals surface area contributed by atoms with Gasteiger partial charge in [-0.1, -0.05) is 67.6 Å². The number of carbonyl (C=O) groups is 3. The van der Waals surface area contributed by atoms with E-state index in [4.69, 9.17) is 0 Å². The zero-order valence-electron chi connectivity index (χ0n) is 23.6. The van der Waals surface area contributed by atoms with E-state index in [1.54, 1.807) is 60.7 Å². The maximum atomic E-state index is 14.4. The van der Waals surface area contributed by atoms with Crippen LogP contribution < -0.4 is 16.0 Å². The minimum absolute atomic E-state index is 0.121. The van der Waals surface area contributed by atoms with Crippen molar-refractivity contribution in [2.75, 3.05) is 10.6 Å². The Morgan fingerprint density at radius 3 is 2.33 bits per heavy atom. The number of hydrogen-bond donors (Lipinski definition) is 3. The molecular weight excluding hydrogens is 549 g/mol. The van der Waals surface area contributed by atoms with Crippen LogP contribution in [0.25, 0.3) is 6.08 Å². The van der Waals surface area contributed by atoms with Gasteiger partial charge in [-0.25, -0.2) is 4.39 Å². The van der Waals surface area contributed by atoms with Crippen molar-refractivity contribution in [2.24, 2.45) is 0 Å². The fraction of sp³-hybridized carbons (Fsp3) is 0.147. The Morgan fingerprint density at radius 2 is 1.60 bits per heavy atom. The third-order valence-electron chi connectivity index (χ3n) is 6.50. The van der Waals surface area contributed by atoms with Crippen LogP contribution in [0.2, 0.25) is 0 Å². The first-order chi connectivity index (χ1) is 20.2. The zero-order valence-corrected chi connectivity index (χ0v) is 24.4. The largest absolute Gasteiger partial charge is 0.325 e. The third-order valence-corrected chi connectivity index (χ3v) is 7.59. The highest BCUT2D eigenvalue weighted by Gasteiger charge is 2.19. The summed E-state index contributed by atoms with van der Waals surface area (Å²) in [6.45, 7) is 5.84. The molecule has 0 aromatic heterocycles. The quantitative estimate of drug-likeness (QED) is 0.136. The molecule has 42 heavy (non-hydrogen) atoms. The normalized spacial score (nSPS) is 11.9. The first-order valence-electron chi connectivity index (χ1n) is 13.5. The molecule has 4 rings (SSSR count). The van der Waals surface area contributed by atoms with E-state index in [0.717, 1.165) is 28.1 Å². The van der Waals surface area contributed by atoms with Crippen LogP contribution in [0.1, 0.15) is 40.9 Å². The van der Waals surface area contributed by atoms with Crippen LogP contribution in [0.5, 0.6) is 0 Å². The summed E-state index contributed by atoms with van der Waals surface area (Å²) in [6, 6.07) is 27.4. The molecule has 0 fully saturated rings. The van der Waals surface area contributed by atoms with Gasteiger partial charge >= 0.3 is 0 Å². The van der Waals surface area contributed by atoms with E-state index in [9.17, 15) is 18.8 Å². The lowest BCUT2D eigenvalue weighted by Crippen LogP contribution is -2.30. The summed E-state index contributed by atoms with van der Waals surface area (Å²) in [5, 5.41) is 8.05. The summed E-state index contributed by atoms with van der Waals surface area (Å²) in [5.74, 6) is -1.78. The van der Waals surface area contributed by atoms with Crippen molar-refractivity contribution >= 4 is 46.9 Å². The van der Waals surface area contributed by atoms with Crippen LogP contribution in [0.4, 0.5) is 15.8 Å². The van der Waals surface area contributed by atoms with Crippen molar-refractivity contribution < 1.29 is 18.8 Å². The lowest BCUT2D eigenvalue weighted by molar-refractivity contribution is -0.115. The topological polar surface area (TPSA) is 87.3 Å². The van der Waals surface area contributed by atoms with Gasteiger partial charge in [-0.2, -0.15) is 0 Å². The minimum Gasteiger partial charge on any atom is -0.325 e. The predicted octanol–water partition coefficient (Wildman–Crippen LogP) is 7.23. The van der Waals surface area contributed by atoms with Gasteiger partial charge in [0.05, 0.1) is 5.25 Å². The Morgan fingerprint density at radius 1 is 0.881 bits per heavy atom. The molecule has 0 saturated heterocycles. The van der Waals surface area contributed by atoms with Crippen LogP contribution in [-0.4, -0.2) is 23.0 Å². The Balaban J connectivity index is 1.49. The molecule has 214 valence electrons. The fourth-order valence-corrected chi connectivity index (χ4v) is 5.15. The van der Waals surface area contributed by atoms with Gasteiger partial charge in [0.15, 0.2) is 0 Å². The van der Waals surface area contributed by atoms with Gasteiger partial charge in [-0.05, 0) is 73.9 Å². The Bertz CT molecular complexity index is 1620. The second-order valence-corrected chi connectivity index (χ2v) is 11.0. The van der Waals surface area contributed by atoms with Gasteiger partial charge in [-0.3, -0.25) is 14.4 Å². The van der Waals surface area contributed by atoms with Crippen molar-refractivity contribution in [3.05, 3.63) is 131 Å². The monoisotopic (exact) mass is 581 g/mol. The highest BCUT2D eigenvalue weighted by Crippen LogP contribution is 2.28. The van der Waals surface area contributed by atoms with Crippen molar-refractivity contribution in [1.82, 2.24) is 5.32 Å². The molecule has 4 aromatic rings. The fourth-order valence-electron chi connectivity index (χ4n) is 4.22. The van der Waals surface area contributed by atoms with Gasteiger partial charge in [0.1, 0.15) is 11.5 Å². The van der Waals surface area contributed by atoms with Gasteiger partial charge < -0.3 is 16.0 Å². The van der Waals surface area contributed by atoms with E-state index >= 15 is 0 Å². The molecule has 0 aliphatic carbocycles. The van der Waals surface area contributed by atoms with Crippen LogP contribution in [0, 0.1) is 12.7 Å². The lowest BCUT2D eigenvalue weighted by Gasteiger charge is -2.17. The molecule has 0 radical (unpaired) electrons. The standard InChI is InChI=1S/C34H32FN3O3S/c1-4-24-16-10-12-22(2)31(24)38-32(39)23(3)42-28-18-11-17-27(21-28)36-34(41)30(20-26-15-8-9-19-29(26)35)37-33(40)25-13-6-5-7-14-25/h5-21,23H,4H2,1-3H3,(H,36,41)(H,37,40)(H,38,39)/b30-20-. The molecule has 8 heteroatoms. The van der Waals surface area contributed by atoms with Crippen molar-refractivity contribution in [2.45, 2.75) is 37.3 Å². The molecule has 3 N–H and O–H groups in total. The number of hydrogen-bond acceptors (Lipinski definition) is 4. The molecule has 4 aromatic carbocycles. The average molecular weight is 582 g/mol.